The Balaban J connectivity index is 0.00000289. The van der Waals surface area contributed by atoms with Crippen molar-refractivity contribution in [2.24, 2.45) is 4.99 Å². The fraction of sp³-hybridized carbons (Fsp3) is 0.381. The van der Waals surface area contributed by atoms with Gasteiger partial charge in [-0.15, -0.1) is 24.0 Å². The molecule has 0 saturated heterocycles. The first-order valence-corrected chi connectivity index (χ1v) is 9.90. The Bertz CT molecular complexity index is 961. The number of fused-ring (bicyclic) bond motifs is 2. The molecule has 0 amide bonds. The number of halogens is 3. The lowest BCUT2D eigenvalue weighted by Crippen LogP contribution is -2.38. The number of hydrogen-bond donors (Lipinski definition) is 2. The van der Waals surface area contributed by atoms with Crippen LogP contribution in [-0.4, -0.2) is 39.2 Å². The first-order chi connectivity index (χ1) is 15.1. The molecule has 0 bridgehead atoms. The third kappa shape index (κ3) is 5.96. The molecule has 0 saturated carbocycles. The molecule has 0 spiro atoms. The lowest BCUT2D eigenvalue weighted by Gasteiger charge is -2.13. The first-order valence-electron chi connectivity index (χ1n) is 9.90. The van der Waals surface area contributed by atoms with E-state index in [1.54, 1.807) is 6.07 Å². The number of rotatable bonds is 8. The van der Waals surface area contributed by atoms with Gasteiger partial charge >= 0.3 is 6.61 Å². The lowest BCUT2D eigenvalue weighted by atomic mass is 10.1. The van der Waals surface area contributed by atoms with E-state index in [0.717, 1.165) is 23.5 Å². The Kier molecular flexibility index (Phi) is 8.42. The number of guanidine groups is 1. The van der Waals surface area contributed by atoms with Crippen LogP contribution in [0.5, 0.6) is 28.7 Å². The zero-order valence-corrected chi connectivity index (χ0v) is 19.7. The average molecular weight is 563 g/mol. The van der Waals surface area contributed by atoms with Crippen molar-refractivity contribution in [3.8, 4) is 28.7 Å². The molecule has 2 heterocycles. The minimum absolute atomic E-state index is 0. The summed E-state index contributed by atoms with van der Waals surface area (Å²) in [5.74, 6) is 2.91. The van der Waals surface area contributed by atoms with E-state index in [4.69, 9.17) is 18.9 Å². The van der Waals surface area contributed by atoms with Crippen LogP contribution in [-0.2, 0) is 13.0 Å². The summed E-state index contributed by atoms with van der Waals surface area (Å²) >= 11 is 0. The predicted molar refractivity (Wildman–Crippen MR) is 124 cm³/mol. The van der Waals surface area contributed by atoms with Gasteiger partial charge in [0.05, 0.1) is 6.54 Å². The molecule has 2 aliphatic rings. The van der Waals surface area contributed by atoms with Gasteiger partial charge in [-0.25, -0.2) is 4.99 Å². The van der Waals surface area contributed by atoms with Crippen molar-refractivity contribution in [3.63, 3.8) is 0 Å². The molecule has 0 fully saturated rings. The Morgan fingerprint density at radius 3 is 2.41 bits per heavy atom. The van der Waals surface area contributed by atoms with E-state index < -0.39 is 6.61 Å². The van der Waals surface area contributed by atoms with E-state index in [1.165, 1.54) is 6.07 Å². The number of nitrogens with one attached hydrogen (secondary N) is 2. The molecule has 11 heteroatoms. The Labute approximate surface area is 201 Å². The van der Waals surface area contributed by atoms with Crippen LogP contribution in [0.4, 0.5) is 8.78 Å². The highest BCUT2D eigenvalue weighted by Gasteiger charge is 2.20. The standard InChI is InChI=1S/C21H23F2N3O5.HI/c1-2-24-21(25-6-5-13-3-4-15-17(7-13)28-11-27-15)26-10-14-8-18-19(30-12-29-18)9-16(14)31-20(22)23;/h3-4,7-9,20H,2,5-6,10-12H2,1H3,(H2,24,25,26);1H. The maximum atomic E-state index is 12.8. The number of nitrogens with zero attached hydrogens (tertiary/aromatic N) is 1. The summed E-state index contributed by atoms with van der Waals surface area (Å²) in [6.07, 6.45) is 0.741. The van der Waals surface area contributed by atoms with Gasteiger partial charge in [0.25, 0.3) is 0 Å². The summed E-state index contributed by atoms with van der Waals surface area (Å²) in [7, 11) is 0. The second-order valence-corrected chi connectivity index (χ2v) is 6.75. The smallest absolute Gasteiger partial charge is 0.387 e. The van der Waals surface area contributed by atoms with E-state index in [0.29, 0.717) is 36.1 Å². The highest BCUT2D eigenvalue weighted by molar-refractivity contribution is 14.0. The SMILES string of the molecule is CCNC(=NCc1cc2c(cc1OC(F)F)OCO2)NCCc1ccc2c(c1)OCO2.I. The van der Waals surface area contributed by atoms with Crippen molar-refractivity contribution in [2.45, 2.75) is 26.5 Å². The molecule has 0 atom stereocenters. The molecular formula is C21H24F2IN3O5. The summed E-state index contributed by atoms with van der Waals surface area (Å²) in [4.78, 5) is 4.49. The number of benzene rings is 2. The molecule has 0 radical (unpaired) electrons. The van der Waals surface area contributed by atoms with Crippen LogP contribution >= 0.6 is 24.0 Å². The minimum Gasteiger partial charge on any atom is -0.454 e. The summed E-state index contributed by atoms with van der Waals surface area (Å²) < 4.78 is 51.6. The van der Waals surface area contributed by atoms with Crippen LogP contribution in [0, 0.1) is 0 Å². The van der Waals surface area contributed by atoms with Crippen molar-refractivity contribution < 1.29 is 32.5 Å². The normalized spacial score (nSPS) is 13.7. The van der Waals surface area contributed by atoms with Crippen molar-refractivity contribution in [1.82, 2.24) is 10.6 Å². The zero-order chi connectivity index (χ0) is 21.6. The molecule has 0 aromatic heterocycles. The largest absolute Gasteiger partial charge is 0.454 e. The molecule has 2 aromatic rings. The fourth-order valence-corrected chi connectivity index (χ4v) is 3.22. The van der Waals surface area contributed by atoms with Gasteiger partial charge in [0, 0.05) is 24.7 Å². The Morgan fingerprint density at radius 1 is 1.00 bits per heavy atom. The molecule has 2 aromatic carbocycles. The van der Waals surface area contributed by atoms with E-state index >= 15 is 0 Å². The number of alkyl halides is 2. The van der Waals surface area contributed by atoms with E-state index in [1.807, 2.05) is 25.1 Å². The highest BCUT2D eigenvalue weighted by atomic mass is 127. The molecular weight excluding hydrogens is 539 g/mol. The van der Waals surface area contributed by atoms with Crippen molar-refractivity contribution in [2.75, 3.05) is 26.7 Å². The van der Waals surface area contributed by atoms with Crippen LogP contribution in [0.3, 0.4) is 0 Å². The first kappa shape index (κ1) is 24.0. The fourth-order valence-electron chi connectivity index (χ4n) is 3.22. The number of aliphatic imine (C=N–C) groups is 1. The van der Waals surface area contributed by atoms with E-state index in [2.05, 4.69) is 20.4 Å². The molecule has 32 heavy (non-hydrogen) atoms. The average Bonchev–Trinajstić information content (AvgIpc) is 3.39. The second-order valence-electron chi connectivity index (χ2n) is 6.75. The van der Waals surface area contributed by atoms with Gasteiger partial charge in [-0.05, 0) is 37.1 Å². The number of ether oxygens (including phenoxy) is 5. The molecule has 0 aliphatic carbocycles. The summed E-state index contributed by atoms with van der Waals surface area (Å²) in [6, 6.07) is 8.84. The van der Waals surface area contributed by atoms with Gasteiger partial charge < -0.3 is 34.3 Å². The van der Waals surface area contributed by atoms with Gasteiger partial charge in [-0.1, -0.05) is 6.07 Å². The maximum absolute atomic E-state index is 12.8. The van der Waals surface area contributed by atoms with Gasteiger partial charge in [-0.2, -0.15) is 8.78 Å². The molecule has 4 rings (SSSR count). The van der Waals surface area contributed by atoms with Crippen LogP contribution in [0.15, 0.2) is 35.3 Å². The third-order valence-electron chi connectivity index (χ3n) is 4.67. The molecule has 8 nitrogen and oxygen atoms in total. The highest BCUT2D eigenvalue weighted by Crippen LogP contribution is 2.39. The topological polar surface area (TPSA) is 82.6 Å². The van der Waals surface area contributed by atoms with Crippen LogP contribution in [0.25, 0.3) is 0 Å². The lowest BCUT2D eigenvalue weighted by molar-refractivity contribution is -0.0505. The van der Waals surface area contributed by atoms with E-state index in [9.17, 15) is 8.78 Å². The minimum atomic E-state index is -2.95. The summed E-state index contributed by atoms with van der Waals surface area (Å²) in [6.45, 7) is 0.672. The molecule has 0 unspecified atom stereocenters. The molecule has 174 valence electrons. The van der Waals surface area contributed by atoms with Gasteiger partial charge in [0.15, 0.2) is 29.0 Å². The Morgan fingerprint density at radius 2 is 1.69 bits per heavy atom. The van der Waals surface area contributed by atoms with Crippen LogP contribution in [0.1, 0.15) is 18.1 Å². The van der Waals surface area contributed by atoms with Gasteiger partial charge in [0.2, 0.25) is 13.6 Å². The van der Waals surface area contributed by atoms with Crippen molar-refractivity contribution in [1.29, 1.82) is 0 Å². The second kappa shape index (κ2) is 11.2. The molecule has 2 aliphatic heterocycles. The van der Waals surface area contributed by atoms with Gasteiger partial charge in [0.1, 0.15) is 5.75 Å². The Hall–Kier alpha value is -2.70. The monoisotopic (exact) mass is 563 g/mol. The van der Waals surface area contributed by atoms with E-state index in [-0.39, 0.29) is 49.9 Å². The maximum Gasteiger partial charge on any atom is 0.387 e. The summed E-state index contributed by atoms with van der Waals surface area (Å²) in [5.41, 5.74) is 1.56. The predicted octanol–water partition coefficient (Wildman–Crippen LogP) is 3.66. The third-order valence-corrected chi connectivity index (χ3v) is 4.67. The quantitative estimate of drug-likeness (QED) is 0.288. The molecule has 2 N–H and O–H groups in total. The van der Waals surface area contributed by atoms with Crippen LogP contribution in [0.2, 0.25) is 0 Å². The van der Waals surface area contributed by atoms with Crippen LogP contribution < -0.4 is 34.3 Å². The van der Waals surface area contributed by atoms with Crippen molar-refractivity contribution in [3.05, 3.63) is 41.5 Å². The summed E-state index contributed by atoms with van der Waals surface area (Å²) in [5, 5.41) is 6.38. The van der Waals surface area contributed by atoms with Gasteiger partial charge in [-0.3, -0.25) is 0 Å². The zero-order valence-electron chi connectivity index (χ0n) is 17.4. The van der Waals surface area contributed by atoms with Crippen molar-refractivity contribution >= 4 is 29.9 Å². The number of hydrogen-bond acceptors (Lipinski definition) is 6.